The van der Waals surface area contributed by atoms with E-state index in [0.29, 0.717) is 19.6 Å². The van der Waals surface area contributed by atoms with Crippen LogP contribution in [-0.2, 0) is 11.3 Å². The van der Waals surface area contributed by atoms with Gasteiger partial charge in [0.25, 0.3) is 5.91 Å². The number of piperidine rings is 1. The maximum atomic E-state index is 13.7. The molecular formula is C31H28Cl2N4O4. The van der Waals surface area contributed by atoms with Gasteiger partial charge in [-0.05, 0) is 53.4 Å². The van der Waals surface area contributed by atoms with E-state index in [9.17, 15) is 19.5 Å². The van der Waals surface area contributed by atoms with Gasteiger partial charge in [0.05, 0.1) is 27.0 Å². The van der Waals surface area contributed by atoms with E-state index in [0.717, 1.165) is 16.3 Å². The molecule has 10 heteroatoms. The van der Waals surface area contributed by atoms with Gasteiger partial charge >= 0.3 is 12.0 Å². The molecule has 5 rings (SSSR count). The predicted octanol–water partition coefficient (Wildman–Crippen LogP) is 6.64. The molecule has 3 amide bonds. The van der Waals surface area contributed by atoms with Crippen LogP contribution in [0.1, 0.15) is 28.8 Å². The number of hydrogen-bond donors (Lipinski definition) is 4. The van der Waals surface area contributed by atoms with Crippen LogP contribution in [0, 0.1) is 0 Å². The number of nitrogens with zero attached hydrogens (tertiary/aromatic N) is 1. The highest BCUT2D eigenvalue weighted by Gasteiger charge is 2.43. The molecule has 0 spiro atoms. The van der Waals surface area contributed by atoms with Gasteiger partial charge in [0.1, 0.15) is 5.54 Å². The maximum Gasteiger partial charge on any atom is 0.329 e. The molecule has 8 nitrogen and oxygen atoms in total. The third kappa shape index (κ3) is 6.46. The highest BCUT2D eigenvalue weighted by atomic mass is 35.5. The van der Waals surface area contributed by atoms with E-state index < -0.39 is 23.4 Å². The first-order valence-corrected chi connectivity index (χ1v) is 13.9. The van der Waals surface area contributed by atoms with Gasteiger partial charge in [-0.3, -0.25) is 9.69 Å². The quantitative estimate of drug-likeness (QED) is 0.193. The van der Waals surface area contributed by atoms with Gasteiger partial charge in [-0.25, -0.2) is 9.59 Å². The summed E-state index contributed by atoms with van der Waals surface area (Å²) in [6, 6.07) is 24.8. The van der Waals surface area contributed by atoms with Crippen LogP contribution in [0.2, 0.25) is 10.0 Å². The van der Waals surface area contributed by atoms with Gasteiger partial charge in [-0.15, -0.1) is 0 Å². The average Bonchev–Trinajstić information content (AvgIpc) is 2.96. The molecular weight excluding hydrogens is 563 g/mol. The lowest BCUT2D eigenvalue weighted by molar-refractivity contribution is -0.146. The molecule has 4 N–H and O–H groups in total. The summed E-state index contributed by atoms with van der Waals surface area (Å²) in [7, 11) is 0. The van der Waals surface area contributed by atoms with Crippen LogP contribution in [0.25, 0.3) is 10.8 Å². The zero-order valence-electron chi connectivity index (χ0n) is 22.0. The van der Waals surface area contributed by atoms with E-state index in [1.54, 1.807) is 30.3 Å². The van der Waals surface area contributed by atoms with Crippen LogP contribution in [0.4, 0.5) is 16.2 Å². The fourth-order valence-corrected chi connectivity index (χ4v) is 5.52. The lowest BCUT2D eigenvalue weighted by Gasteiger charge is -2.39. The van der Waals surface area contributed by atoms with Crippen molar-refractivity contribution in [2.75, 3.05) is 23.7 Å². The highest BCUT2D eigenvalue weighted by molar-refractivity contribution is 6.39. The molecule has 1 fully saturated rings. The lowest BCUT2D eigenvalue weighted by Crippen LogP contribution is -2.60. The van der Waals surface area contributed by atoms with Crippen LogP contribution >= 0.6 is 23.2 Å². The van der Waals surface area contributed by atoms with Crippen molar-refractivity contribution >= 4 is 63.3 Å². The number of anilines is 2. The second-order valence-electron chi connectivity index (χ2n) is 10.0. The Morgan fingerprint density at radius 3 is 2.05 bits per heavy atom. The highest BCUT2D eigenvalue weighted by Crippen LogP contribution is 2.31. The average molecular weight is 591 g/mol. The van der Waals surface area contributed by atoms with E-state index in [-0.39, 0.29) is 39.8 Å². The molecule has 0 unspecified atom stereocenters. The molecule has 1 aliphatic heterocycles. The third-order valence-electron chi connectivity index (χ3n) is 7.30. The molecule has 1 aliphatic rings. The summed E-state index contributed by atoms with van der Waals surface area (Å²) in [5, 5.41) is 20.4. The second-order valence-corrected chi connectivity index (χ2v) is 10.8. The van der Waals surface area contributed by atoms with Crippen molar-refractivity contribution in [2.45, 2.75) is 24.9 Å². The van der Waals surface area contributed by atoms with Crippen molar-refractivity contribution in [2.24, 2.45) is 0 Å². The molecule has 1 saturated heterocycles. The number of carbonyl (C=O) groups excluding carboxylic acids is 2. The molecule has 4 aromatic rings. The SMILES string of the molecule is O=C(Nc1cc2ccccc2cc1C(=O)NC1(C(=O)O)CCN(Cc2ccccc2)CC1)Nc1c(Cl)cccc1Cl. The Kier molecular flexibility index (Phi) is 8.44. The zero-order chi connectivity index (χ0) is 29.0. The van der Waals surface area contributed by atoms with Crippen molar-refractivity contribution in [3.8, 4) is 0 Å². The standard InChI is InChI=1S/C31H28Cl2N4O4/c32-24-11-6-12-25(33)27(24)35-30(41)34-26-18-22-10-5-4-9-21(22)17-23(26)28(38)36-31(29(39)40)13-15-37(16-14-31)19-20-7-2-1-3-8-20/h1-12,17-18H,13-16,19H2,(H,36,38)(H,39,40)(H2,34,35,41). The van der Waals surface area contributed by atoms with Gasteiger partial charge in [-0.2, -0.15) is 0 Å². The first-order valence-electron chi connectivity index (χ1n) is 13.1. The molecule has 210 valence electrons. The molecule has 4 aromatic carbocycles. The molecule has 41 heavy (non-hydrogen) atoms. The van der Waals surface area contributed by atoms with E-state index in [1.165, 1.54) is 0 Å². The molecule has 0 radical (unpaired) electrons. The number of carbonyl (C=O) groups is 3. The third-order valence-corrected chi connectivity index (χ3v) is 7.93. The van der Waals surface area contributed by atoms with E-state index in [2.05, 4.69) is 20.9 Å². The lowest BCUT2D eigenvalue weighted by atomic mass is 9.86. The number of aliphatic carboxylic acids is 1. The van der Waals surface area contributed by atoms with Gasteiger partial charge < -0.3 is 21.1 Å². The van der Waals surface area contributed by atoms with Gasteiger partial charge in [0.15, 0.2) is 0 Å². The van der Waals surface area contributed by atoms with Crippen molar-refractivity contribution < 1.29 is 19.5 Å². The topological polar surface area (TPSA) is 111 Å². The number of nitrogens with one attached hydrogen (secondary N) is 3. The number of carboxylic acids is 1. The monoisotopic (exact) mass is 590 g/mol. The molecule has 0 aromatic heterocycles. The molecule has 0 atom stereocenters. The van der Waals surface area contributed by atoms with Crippen LogP contribution in [0.15, 0.2) is 84.9 Å². The summed E-state index contributed by atoms with van der Waals surface area (Å²) in [6.07, 6.45) is 0.478. The van der Waals surface area contributed by atoms with E-state index in [4.69, 9.17) is 23.2 Å². The Morgan fingerprint density at radius 2 is 1.41 bits per heavy atom. The number of hydrogen-bond acceptors (Lipinski definition) is 4. The zero-order valence-corrected chi connectivity index (χ0v) is 23.5. The van der Waals surface area contributed by atoms with E-state index in [1.807, 2.05) is 54.6 Å². The smallest absolute Gasteiger partial charge is 0.329 e. The summed E-state index contributed by atoms with van der Waals surface area (Å²) >= 11 is 12.4. The number of benzene rings is 4. The van der Waals surface area contributed by atoms with Crippen LogP contribution in [-0.4, -0.2) is 46.5 Å². The van der Waals surface area contributed by atoms with Gasteiger partial charge in [0, 0.05) is 19.6 Å². The Bertz CT molecular complexity index is 1580. The summed E-state index contributed by atoms with van der Waals surface area (Å²) in [5.41, 5.74) is 0.274. The number of urea groups is 1. The fraction of sp³-hybridized carbons (Fsp3) is 0.194. The van der Waals surface area contributed by atoms with Gasteiger partial charge in [0.2, 0.25) is 0 Å². The fourth-order valence-electron chi connectivity index (χ4n) is 5.03. The molecule has 0 aliphatic carbocycles. The minimum absolute atomic E-state index is 0.136. The Balaban J connectivity index is 1.37. The van der Waals surface area contributed by atoms with Gasteiger partial charge in [-0.1, -0.05) is 83.9 Å². The molecule has 1 heterocycles. The van der Waals surface area contributed by atoms with Crippen molar-refractivity contribution in [1.82, 2.24) is 10.2 Å². The molecule has 0 bridgehead atoms. The van der Waals surface area contributed by atoms with E-state index >= 15 is 0 Å². The number of amides is 3. The number of halogens is 2. The number of likely N-dealkylation sites (tertiary alicyclic amines) is 1. The Morgan fingerprint density at radius 1 is 0.805 bits per heavy atom. The number of carboxylic acid groups (broad SMARTS) is 1. The van der Waals surface area contributed by atoms with Crippen LogP contribution < -0.4 is 16.0 Å². The van der Waals surface area contributed by atoms with Crippen molar-refractivity contribution in [1.29, 1.82) is 0 Å². The first-order chi connectivity index (χ1) is 19.7. The van der Waals surface area contributed by atoms with Crippen LogP contribution in [0.3, 0.4) is 0 Å². The largest absolute Gasteiger partial charge is 0.480 e. The number of rotatable bonds is 7. The maximum absolute atomic E-state index is 13.7. The van der Waals surface area contributed by atoms with Crippen molar-refractivity contribution in [3.05, 3.63) is 106 Å². The Hall–Kier alpha value is -4.11. The summed E-state index contributed by atoms with van der Waals surface area (Å²) in [5.74, 6) is -1.69. The summed E-state index contributed by atoms with van der Waals surface area (Å²) in [6.45, 7) is 1.71. The summed E-state index contributed by atoms with van der Waals surface area (Å²) in [4.78, 5) is 41.4. The summed E-state index contributed by atoms with van der Waals surface area (Å²) < 4.78 is 0. The second kappa shape index (κ2) is 12.2. The normalized spacial score (nSPS) is 14.8. The van der Waals surface area contributed by atoms with Crippen molar-refractivity contribution in [3.63, 3.8) is 0 Å². The number of fused-ring (bicyclic) bond motifs is 1. The van der Waals surface area contributed by atoms with Crippen LogP contribution in [0.5, 0.6) is 0 Å². The Labute approximate surface area is 247 Å². The first kappa shape index (κ1) is 28.4. The minimum atomic E-state index is -1.44. The molecule has 0 saturated carbocycles. The number of para-hydroxylation sites is 1. The minimum Gasteiger partial charge on any atom is -0.480 e. The predicted molar refractivity (Wildman–Crippen MR) is 162 cm³/mol.